The van der Waals surface area contributed by atoms with Gasteiger partial charge in [-0.15, -0.1) is 0 Å². The zero-order valence-electron chi connectivity index (χ0n) is 30.6. The van der Waals surface area contributed by atoms with Crippen LogP contribution in [0.2, 0.25) is 0 Å². The van der Waals surface area contributed by atoms with E-state index in [1.165, 1.54) is 30.6 Å². The van der Waals surface area contributed by atoms with Crippen LogP contribution in [0.3, 0.4) is 0 Å². The maximum atomic E-state index is 15.8. The summed E-state index contributed by atoms with van der Waals surface area (Å²) in [5, 5.41) is 13.8. The van der Waals surface area contributed by atoms with Crippen LogP contribution in [0.15, 0.2) is 133 Å². The number of esters is 1. The van der Waals surface area contributed by atoms with Gasteiger partial charge in [-0.05, 0) is 52.6 Å². The molecule has 6 aromatic rings. The number of aromatic nitrogens is 1. The van der Waals surface area contributed by atoms with Crippen molar-refractivity contribution in [3.63, 3.8) is 0 Å². The number of carbonyl (C=O) groups is 4. The lowest BCUT2D eigenvalue weighted by molar-refractivity contribution is -0.177. The predicted molar refractivity (Wildman–Crippen MR) is 212 cm³/mol. The number of anilines is 2. The Hall–Kier alpha value is -6.41. The van der Waals surface area contributed by atoms with E-state index in [2.05, 4.69) is 10.3 Å². The topological polar surface area (TPSA) is 148 Å². The van der Waals surface area contributed by atoms with Crippen molar-refractivity contribution in [1.82, 2.24) is 9.88 Å². The maximum Gasteiger partial charge on any atom is 0.421 e. The van der Waals surface area contributed by atoms with Crippen LogP contribution in [0.4, 0.5) is 15.6 Å². The minimum absolute atomic E-state index is 0.0196. The van der Waals surface area contributed by atoms with Gasteiger partial charge in [0, 0.05) is 7.11 Å². The number of fused-ring (bicyclic) bond motifs is 4. The van der Waals surface area contributed by atoms with E-state index in [0.717, 1.165) is 15.2 Å². The number of morpholine rings is 1. The van der Waals surface area contributed by atoms with Crippen LogP contribution in [0.5, 0.6) is 5.75 Å². The Labute approximate surface area is 331 Å². The first-order valence-corrected chi connectivity index (χ1v) is 19.3. The first-order valence-electron chi connectivity index (χ1n) is 18.5. The number of phenolic OH excluding ortho intramolecular Hbond substituents is 1. The number of hydrogen-bond acceptors (Lipinski definition) is 11. The third kappa shape index (κ3) is 5.85. The third-order valence-corrected chi connectivity index (χ3v) is 12.0. The van der Waals surface area contributed by atoms with E-state index in [4.69, 9.17) is 14.2 Å². The molecule has 3 aliphatic heterocycles. The number of cyclic esters (lactones) is 1. The lowest BCUT2D eigenvalue weighted by Crippen LogP contribution is -2.54. The molecule has 5 aromatic carbocycles. The number of nitrogens with zero attached hydrogens (tertiary/aromatic N) is 3. The van der Waals surface area contributed by atoms with Crippen molar-refractivity contribution >= 4 is 56.2 Å². The zero-order chi connectivity index (χ0) is 39.3. The van der Waals surface area contributed by atoms with Gasteiger partial charge in [0.15, 0.2) is 5.13 Å². The zero-order valence-corrected chi connectivity index (χ0v) is 31.4. The van der Waals surface area contributed by atoms with E-state index in [-0.39, 0.29) is 29.8 Å². The Kier molecular flexibility index (Phi) is 9.27. The molecule has 9 rings (SSSR count). The highest BCUT2D eigenvalue weighted by Gasteiger charge is 2.75. The van der Waals surface area contributed by atoms with E-state index in [1.807, 2.05) is 89.8 Å². The molecule has 0 radical (unpaired) electrons. The standard InChI is InChI=1S/C44H36N4O8S/c1-54-24-25-55-43(53)47-32-18-10-8-16-30(32)44(41(47)52)34(39(50)46-42-45-31-17-9-11-19-33(31)57-42)36-40(51)56-37(27-14-6-3-7-15-27)35(26-12-4-2-5-13-26)48(36)38(44)28-20-22-29(49)23-21-28/h2-23,34-38,49H,24-25H2,1H3,(H,45,46,50). The third-order valence-electron chi connectivity index (χ3n) is 11.1. The Morgan fingerprint density at radius 2 is 1.47 bits per heavy atom. The summed E-state index contributed by atoms with van der Waals surface area (Å²) in [7, 11) is 1.47. The van der Waals surface area contributed by atoms with E-state index < -0.39 is 59.4 Å². The second-order valence-corrected chi connectivity index (χ2v) is 15.1. The molecule has 0 saturated carbocycles. The van der Waals surface area contributed by atoms with Crippen LogP contribution in [-0.4, -0.2) is 65.2 Å². The molecule has 1 aromatic heterocycles. The van der Waals surface area contributed by atoms with Crippen LogP contribution in [-0.2, 0) is 34.0 Å². The minimum atomic E-state index is -1.93. The van der Waals surface area contributed by atoms with E-state index in [9.17, 15) is 14.7 Å². The van der Waals surface area contributed by atoms with Gasteiger partial charge in [-0.3, -0.25) is 19.3 Å². The fourth-order valence-electron chi connectivity index (χ4n) is 8.89. The lowest BCUT2D eigenvalue weighted by atomic mass is 9.65. The van der Waals surface area contributed by atoms with Gasteiger partial charge < -0.3 is 24.6 Å². The number of aromatic hydroxyl groups is 1. The molecular formula is C44H36N4O8S. The highest BCUT2D eigenvalue weighted by molar-refractivity contribution is 7.22. The lowest BCUT2D eigenvalue weighted by Gasteiger charge is -2.46. The smallest absolute Gasteiger partial charge is 0.421 e. The molecule has 0 bridgehead atoms. The fourth-order valence-corrected chi connectivity index (χ4v) is 9.75. The summed E-state index contributed by atoms with van der Waals surface area (Å²) >= 11 is 1.26. The van der Waals surface area contributed by atoms with Crippen molar-refractivity contribution in [2.24, 2.45) is 5.92 Å². The Morgan fingerprint density at radius 1 is 0.807 bits per heavy atom. The number of benzene rings is 5. The number of ether oxygens (including phenoxy) is 3. The number of hydrogen-bond donors (Lipinski definition) is 2. The van der Waals surface area contributed by atoms with Gasteiger partial charge in [-0.25, -0.2) is 14.7 Å². The number of phenols is 1. The summed E-state index contributed by atoms with van der Waals surface area (Å²) in [6.45, 7) is -0.0433. The Bertz CT molecular complexity index is 2460. The van der Waals surface area contributed by atoms with Crippen LogP contribution in [0, 0.1) is 5.92 Å². The number of rotatable bonds is 8. The quantitative estimate of drug-likeness (QED) is 0.121. The Morgan fingerprint density at radius 3 is 2.19 bits per heavy atom. The van der Waals surface area contributed by atoms with Gasteiger partial charge in [-0.2, -0.15) is 0 Å². The van der Waals surface area contributed by atoms with Crippen LogP contribution >= 0.6 is 11.3 Å². The second kappa shape index (κ2) is 14.6. The molecule has 12 nitrogen and oxygen atoms in total. The van der Waals surface area contributed by atoms with Crippen LogP contribution in [0.25, 0.3) is 10.2 Å². The SMILES string of the molecule is COCCOC(=O)N1C(=O)C2(c3ccccc31)C(C(=O)Nc1nc3ccccc3s1)C1C(=O)OC(c3ccccc3)C(c3ccccc3)N1C2c1ccc(O)cc1. The van der Waals surface area contributed by atoms with Crippen molar-refractivity contribution in [2.75, 3.05) is 30.5 Å². The monoisotopic (exact) mass is 780 g/mol. The molecule has 2 N–H and O–H groups in total. The summed E-state index contributed by atoms with van der Waals surface area (Å²) in [6, 6.07) is 36.3. The number of carbonyl (C=O) groups excluding carboxylic acids is 4. The summed E-state index contributed by atoms with van der Waals surface area (Å²) < 4.78 is 18.0. The highest BCUT2D eigenvalue weighted by Crippen LogP contribution is 2.66. The predicted octanol–water partition coefficient (Wildman–Crippen LogP) is 7.09. The molecule has 2 fully saturated rings. The molecule has 2 saturated heterocycles. The number of imide groups is 1. The number of para-hydroxylation sites is 2. The minimum Gasteiger partial charge on any atom is -0.508 e. The average molecular weight is 781 g/mol. The second-order valence-electron chi connectivity index (χ2n) is 14.1. The fraction of sp³-hybridized carbons (Fsp3) is 0.205. The van der Waals surface area contributed by atoms with Gasteiger partial charge in [0.05, 0.1) is 40.5 Å². The van der Waals surface area contributed by atoms with Crippen molar-refractivity contribution in [1.29, 1.82) is 0 Å². The summed E-state index contributed by atoms with van der Waals surface area (Å²) in [5.41, 5.74) is 1.30. The molecule has 3 amide bonds. The van der Waals surface area contributed by atoms with Crippen molar-refractivity contribution in [3.05, 3.63) is 156 Å². The van der Waals surface area contributed by atoms with Crippen LogP contribution < -0.4 is 10.2 Å². The van der Waals surface area contributed by atoms with Crippen molar-refractivity contribution < 1.29 is 38.5 Å². The molecule has 6 atom stereocenters. The summed E-state index contributed by atoms with van der Waals surface area (Å²) in [6.07, 6.45) is -1.83. The highest BCUT2D eigenvalue weighted by atomic mass is 32.1. The molecular weight excluding hydrogens is 745 g/mol. The largest absolute Gasteiger partial charge is 0.508 e. The van der Waals surface area contributed by atoms with Crippen molar-refractivity contribution in [3.8, 4) is 5.75 Å². The number of nitrogens with one attached hydrogen (secondary N) is 1. The van der Waals surface area contributed by atoms with E-state index >= 15 is 9.59 Å². The van der Waals surface area contributed by atoms with E-state index in [1.54, 1.807) is 36.4 Å². The molecule has 6 unspecified atom stereocenters. The number of methoxy groups -OCH3 is 1. The van der Waals surface area contributed by atoms with Gasteiger partial charge in [0.1, 0.15) is 29.9 Å². The van der Waals surface area contributed by atoms with Crippen LogP contribution in [0.1, 0.15) is 40.4 Å². The van der Waals surface area contributed by atoms with Gasteiger partial charge >= 0.3 is 12.1 Å². The van der Waals surface area contributed by atoms with Gasteiger partial charge in [-0.1, -0.05) is 114 Å². The van der Waals surface area contributed by atoms with Crippen molar-refractivity contribution in [2.45, 2.75) is 29.6 Å². The molecule has 4 heterocycles. The normalized spacial score (nSPS) is 23.9. The molecule has 286 valence electrons. The molecule has 1 spiro atoms. The van der Waals surface area contributed by atoms with Gasteiger partial charge in [0.2, 0.25) is 11.8 Å². The van der Waals surface area contributed by atoms with E-state index in [0.29, 0.717) is 22.2 Å². The first kappa shape index (κ1) is 36.2. The summed E-state index contributed by atoms with van der Waals surface area (Å²) in [5.74, 6) is -3.63. The molecule has 3 aliphatic rings. The average Bonchev–Trinajstić information content (AvgIpc) is 3.87. The molecule has 57 heavy (non-hydrogen) atoms. The number of amides is 3. The van der Waals surface area contributed by atoms with Gasteiger partial charge in [0.25, 0.3) is 0 Å². The first-order chi connectivity index (χ1) is 27.8. The summed E-state index contributed by atoms with van der Waals surface area (Å²) in [4.78, 5) is 67.8. The number of thiazole rings is 1. The Balaban J connectivity index is 1.32. The molecule has 13 heteroatoms. The maximum absolute atomic E-state index is 15.8. The molecule has 0 aliphatic carbocycles.